The molecule has 1 fully saturated rings. The molecule has 31 heavy (non-hydrogen) atoms. The lowest BCUT2D eigenvalue weighted by atomic mass is 10.1. The molecule has 3 aromatic rings. The normalized spacial score (nSPS) is 23.3. The lowest BCUT2D eigenvalue weighted by Crippen LogP contribution is -2.36. The standard InChI is InChI=1S/C20H23N5O6/c1-29-7-8-30-16-15(27)13(9-26)31-20(16)25-11-23-14-17(21-10-22-18(14)25)24-19(28)12-5-3-2-4-6-12/h2-6,10-11,13,15-16,20,26-27H,7-9H2,1H3,(H,21,22,24,28). The molecule has 3 heterocycles. The van der Waals surface area contributed by atoms with Gasteiger partial charge in [-0.3, -0.25) is 9.36 Å². The molecule has 0 aliphatic carbocycles. The van der Waals surface area contributed by atoms with Gasteiger partial charge in [-0.05, 0) is 12.1 Å². The van der Waals surface area contributed by atoms with Crippen molar-refractivity contribution in [2.75, 3.05) is 32.2 Å². The maximum atomic E-state index is 12.5. The first-order chi connectivity index (χ1) is 15.1. The van der Waals surface area contributed by atoms with E-state index in [-0.39, 0.29) is 24.9 Å². The molecule has 1 aliphatic heterocycles. The Morgan fingerprint density at radius 1 is 1.23 bits per heavy atom. The maximum Gasteiger partial charge on any atom is 0.256 e. The number of benzene rings is 1. The van der Waals surface area contributed by atoms with E-state index in [1.54, 1.807) is 35.9 Å². The fourth-order valence-electron chi connectivity index (χ4n) is 3.44. The van der Waals surface area contributed by atoms with Crippen molar-refractivity contribution in [3.8, 4) is 0 Å². The molecule has 4 atom stereocenters. The van der Waals surface area contributed by atoms with Crippen molar-refractivity contribution in [2.24, 2.45) is 0 Å². The van der Waals surface area contributed by atoms with Gasteiger partial charge >= 0.3 is 0 Å². The van der Waals surface area contributed by atoms with E-state index in [1.165, 1.54) is 12.7 Å². The number of methoxy groups -OCH3 is 1. The Morgan fingerprint density at radius 2 is 2.03 bits per heavy atom. The van der Waals surface area contributed by atoms with Gasteiger partial charge in [0.15, 0.2) is 23.2 Å². The van der Waals surface area contributed by atoms with Crippen molar-refractivity contribution in [3.63, 3.8) is 0 Å². The van der Waals surface area contributed by atoms with Crippen molar-refractivity contribution in [1.82, 2.24) is 19.5 Å². The Morgan fingerprint density at radius 3 is 2.77 bits per heavy atom. The van der Waals surface area contributed by atoms with Crippen LogP contribution in [0.25, 0.3) is 11.2 Å². The second-order valence-corrected chi connectivity index (χ2v) is 6.93. The van der Waals surface area contributed by atoms with Crippen LogP contribution in [0.4, 0.5) is 5.82 Å². The molecule has 11 heteroatoms. The first kappa shape index (κ1) is 21.3. The summed E-state index contributed by atoms with van der Waals surface area (Å²) in [4.78, 5) is 25.3. The molecule has 164 valence electrons. The van der Waals surface area contributed by atoms with E-state index >= 15 is 0 Å². The number of rotatable bonds is 8. The van der Waals surface area contributed by atoms with Crippen molar-refractivity contribution in [3.05, 3.63) is 48.5 Å². The second kappa shape index (κ2) is 9.45. The average molecular weight is 429 g/mol. The van der Waals surface area contributed by atoms with E-state index in [4.69, 9.17) is 14.2 Å². The molecule has 1 amide bonds. The summed E-state index contributed by atoms with van der Waals surface area (Å²) in [6, 6.07) is 8.74. The maximum absolute atomic E-state index is 12.5. The highest BCUT2D eigenvalue weighted by atomic mass is 16.6. The SMILES string of the molecule is COCCOC1C(O)C(CO)OC1n1cnc2c(NC(=O)c3ccccc3)ncnc21. The third kappa shape index (κ3) is 4.27. The number of hydrogen-bond acceptors (Lipinski definition) is 9. The van der Waals surface area contributed by atoms with Gasteiger partial charge in [0.2, 0.25) is 0 Å². The number of aliphatic hydroxyl groups is 2. The van der Waals surface area contributed by atoms with Crippen LogP contribution >= 0.6 is 0 Å². The van der Waals surface area contributed by atoms with Crippen LogP contribution in [0.1, 0.15) is 16.6 Å². The fraction of sp³-hybridized carbons (Fsp3) is 0.400. The molecule has 2 aromatic heterocycles. The third-order valence-corrected chi connectivity index (χ3v) is 4.99. The minimum atomic E-state index is -1.05. The molecule has 0 bridgehead atoms. The Bertz CT molecular complexity index is 1030. The summed E-state index contributed by atoms with van der Waals surface area (Å²) in [5, 5.41) is 22.8. The molecule has 1 saturated heterocycles. The molecular weight excluding hydrogens is 406 g/mol. The molecule has 1 aromatic carbocycles. The number of nitrogens with one attached hydrogen (secondary N) is 1. The van der Waals surface area contributed by atoms with Gasteiger partial charge in [-0.15, -0.1) is 0 Å². The molecule has 4 rings (SSSR count). The van der Waals surface area contributed by atoms with Gasteiger partial charge in [-0.25, -0.2) is 15.0 Å². The Hall–Kier alpha value is -2.96. The monoisotopic (exact) mass is 429 g/mol. The highest BCUT2D eigenvalue weighted by Crippen LogP contribution is 2.34. The van der Waals surface area contributed by atoms with E-state index in [0.717, 1.165) is 0 Å². The highest BCUT2D eigenvalue weighted by molar-refractivity contribution is 6.06. The van der Waals surface area contributed by atoms with E-state index in [2.05, 4.69) is 20.3 Å². The molecule has 11 nitrogen and oxygen atoms in total. The largest absolute Gasteiger partial charge is 0.394 e. The number of anilines is 1. The molecule has 0 saturated carbocycles. The fourth-order valence-corrected chi connectivity index (χ4v) is 3.44. The summed E-state index contributed by atoms with van der Waals surface area (Å²) in [5.41, 5.74) is 1.22. The Balaban J connectivity index is 1.62. The number of ether oxygens (including phenoxy) is 3. The van der Waals surface area contributed by atoms with Crippen LogP contribution in [0, 0.1) is 0 Å². The molecule has 0 spiro atoms. The number of hydrogen-bond donors (Lipinski definition) is 3. The van der Waals surface area contributed by atoms with Gasteiger partial charge in [0, 0.05) is 12.7 Å². The minimum Gasteiger partial charge on any atom is -0.394 e. The number of fused-ring (bicyclic) bond motifs is 1. The van der Waals surface area contributed by atoms with Crippen LogP contribution in [0.15, 0.2) is 43.0 Å². The lowest BCUT2D eigenvalue weighted by Gasteiger charge is -2.22. The quantitative estimate of drug-likeness (QED) is 0.433. The smallest absolute Gasteiger partial charge is 0.256 e. The molecule has 3 N–H and O–H groups in total. The summed E-state index contributed by atoms with van der Waals surface area (Å²) >= 11 is 0. The van der Waals surface area contributed by atoms with Crippen molar-refractivity contribution < 1.29 is 29.2 Å². The third-order valence-electron chi connectivity index (χ3n) is 4.99. The summed E-state index contributed by atoms with van der Waals surface area (Å²) < 4.78 is 18.2. The predicted octanol–water partition coefficient (Wildman–Crippen LogP) is 0.361. The number of amides is 1. The van der Waals surface area contributed by atoms with Gasteiger partial charge in [-0.1, -0.05) is 18.2 Å². The van der Waals surface area contributed by atoms with Gasteiger partial charge in [0.25, 0.3) is 5.91 Å². The Kier molecular flexibility index (Phi) is 6.49. The van der Waals surface area contributed by atoms with Crippen molar-refractivity contribution in [1.29, 1.82) is 0 Å². The topological polar surface area (TPSA) is 141 Å². The van der Waals surface area contributed by atoms with E-state index < -0.39 is 24.5 Å². The number of carbonyl (C=O) groups is 1. The van der Waals surface area contributed by atoms with Crippen LogP contribution in [-0.2, 0) is 14.2 Å². The molecular formula is C20H23N5O6. The van der Waals surface area contributed by atoms with Crippen LogP contribution in [0.2, 0.25) is 0 Å². The summed E-state index contributed by atoms with van der Waals surface area (Å²) in [7, 11) is 1.55. The van der Waals surface area contributed by atoms with Gasteiger partial charge in [0.05, 0.1) is 26.1 Å². The summed E-state index contributed by atoms with van der Waals surface area (Å²) in [6.07, 6.45) is -0.667. The van der Waals surface area contributed by atoms with Crippen LogP contribution in [0.5, 0.6) is 0 Å². The zero-order chi connectivity index (χ0) is 21.8. The van der Waals surface area contributed by atoms with Gasteiger partial charge in [0.1, 0.15) is 24.6 Å². The van der Waals surface area contributed by atoms with Gasteiger partial charge in [-0.2, -0.15) is 0 Å². The number of nitrogens with zero attached hydrogens (tertiary/aromatic N) is 4. The minimum absolute atomic E-state index is 0.232. The summed E-state index contributed by atoms with van der Waals surface area (Å²) in [6.45, 7) is 0.195. The Labute approximate surface area is 177 Å². The van der Waals surface area contributed by atoms with E-state index in [1.807, 2.05) is 6.07 Å². The lowest BCUT2D eigenvalue weighted by molar-refractivity contribution is -0.0785. The number of carbonyl (C=O) groups excluding carboxylic acids is 1. The van der Waals surface area contributed by atoms with Crippen molar-refractivity contribution >= 4 is 22.9 Å². The van der Waals surface area contributed by atoms with Crippen molar-refractivity contribution in [2.45, 2.75) is 24.5 Å². The van der Waals surface area contributed by atoms with E-state index in [0.29, 0.717) is 23.3 Å². The van der Waals surface area contributed by atoms with Crippen LogP contribution in [0.3, 0.4) is 0 Å². The number of aliphatic hydroxyl groups excluding tert-OH is 2. The zero-order valence-electron chi connectivity index (χ0n) is 16.8. The van der Waals surface area contributed by atoms with Gasteiger partial charge < -0.3 is 29.7 Å². The van der Waals surface area contributed by atoms with E-state index in [9.17, 15) is 15.0 Å². The van der Waals surface area contributed by atoms with Crippen LogP contribution < -0.4 is 5.32 Å². The second-order valence-electron chi connectivity index (χ2n) is 6.93. The number of imidazole rings is 1. The first-order valence-electron chi connectivity index (χ1n) is 9.73. The molecule has 1 aliphatic rings. The zero-order valence-corrected chi connectivity index (χ0v) is 16.8. The predicted molar refractivity (Wildman–Crippen MR) is 108 cm³/mol. The average Bonchev–Trinajstić information content (AvgIpc) is 3.36. The summed E-state index contributed by atoms with van der Waals surface area (Å²) in [5.74, 6) is -0.0875. The highest BCUT2D eigenvalue weighted by Gasteiger charge is 2.45. The van der Waals surface area contributed by atoms with Crippen LogP contribution in [-0.4, -0.2) is 80.9 Å². The first-order valence-corrected chi connectivity index (χ1v) is 9.73. The molecule has 0 radical (unpaired) electrons. The number of aromatic nitrogens is 4. The molecule has 4 unspecified atom stereocenters.